The molecule has 0 aliphatic rings. The SMILES string of the molecule is COc1ccc(CO)cc1OCC(C)C. The number of aliphatic hydroxyl groups excluding tert-OH is 1. The summed E-state index contributed by atoms with van der Waals surface area (Å²) in [5.41, 5.74) is 0.828. The van der Waals surface area contributed by atoms with E-state index in [-0.39, 0.29) is 6.61 Å². The molecule has 1 aromatic rings. The van der Waals surface area contributed by atoms with Crippen molar-refractivity contribution in [3.63, 3.8) is 0 Å². The van der Waals surface area contributed by atoms with Gasteiger partial charge in [0.15, 0.2) is 11.5 Å². The minimum absolute atomic E-state index is 0.0159. The number of hydrogen-bond acceptors (Lipinski definition) is 3. The molecule has 0 saturated heterocycles. The molecule has 0 aromatic heterocycles. The van der Waals surface area contributed by atoms with Crippen LogP contribution >= 0.6 is 0 Å². The summed E-state index contributed by atoms with van der Waals surface area (Å²) in [4.78, 5) is 0. The first-order chi connectivity index (χ1) is 7.17. The second-order valence-corrected chi connectivity index (χ2v) is 3.85. The molecule has 0 aliphatic carbocycles. The third-order valence-electron chi connectivity index (χ3n) is 1.98. The van der Waals surface area contributed by atoms with Crippen molar-refractivity contribution in [3.05, 3.63) is 23.8 Å². The Bertz CT molecular complexity index is 308. The van der Waals surface area contributed by atoms with E-state index in [4.69, 9.17) is 14.6 Å². The Kier molecular flexibility index (Phi) is 4.43. The number of ether oxygens (including phenoxy) is 2. The number of hydrogen-bond donors (Lipinski definition) is 1. The first-order valence-electron chi connectivity index (χ1n) is 5.08. The minimum Gasteiger partial charge on any atom is -0.493 e. The highest BCUT2D eigenvalue weighted by Gasteiger charge is 2.06. The molecule has 1 N–H and O–H groups in total. The highest BCUT2D eigenvalue weighted by atomic mass is 16.5. The quantitative estimate of drug-likeness (QED) is 0.810. The van der Waals surface area contributed by atoms with Gasteiger partial charge in [-0.1, -0.05) is 19.9 Å². The number of rotatable bonds is 5. The fourth-order valence-corrected chi connectivity index (χ4v) is 1.19. The molecule has 0 radical (unpaired) electrons. The maximum absolute atomic E-state index is 9.01. The number of methoxy groups -OCH3 is 1. The number of benzene rings is 1. The Labute approximate surface area is 90.6 Å². The molecule has 3 heteroatoms. The van der Waals surface area contributed by atoms with Gasteiger partial charge in [-0.25, -0.2) is 0 Å². The summed E-state index contributed by atoms with van der Waals surface area (Å²) in [7, 11) is 1.61. The maximum Gasteiger partial charge on any atom is 0.161 e. The first-order valence-corrected chi connectivity index (χ1v) is 5.08. The average molecular weight is 210 g/mol. The summed E-state index contributed by atoms with van der Waals surface area (Å²) in [6.07, 6.45) is 0. The van der Waals surface area contributed by atoms with Crippen molar-refractivity contribution in [2.45, 2.75) is 20.5 Å². The largest absolute Gasteiger partial charge is 0.493 e. The number of aliphatic hydroxyl groups is 1. The van der Waals surface area contributed by atoms with E-state index >= 15 is 0 Å². The van der Waals surface area contributed by atoms with E-state index in [9.17, 15) is 0 Å². The van der Waals surface area contributed by atoms with Gasteiger partial charge in [-0.15, -0.1) is 0 Å². The van der Waals surface area contributed by atoms with E-state index < -0.39 is 0 Å². The van der Waals surface area contributed by atoms with Crippen LogP contribution in [-0.4, -0.2) is 18.8 Å². The zero-order valence-corrected chi connectivity index (χ0v) is 9.49. The van der Waals surface area contributed by atoms with E-state index in [1.807, 2.05) is 6.07 Å². The molecule has 1 aromatic carbocycles. The molecule has 0 fully saturated rings. The molecule has 0 bridgehead atoms. The molecule has 0 aliphatic heterocycles. The lowest BCUT2D eigenvalue weighted by Gasteiger charge is -2.13. The lowest BCUT2D eigenvalue weighted by Crippen LogP contribution is -2.05. The fourth-order valence-electron chi connectivity index (χ4n) is 1.19. The molecule has 0 unspecified atom stereocenters. The second kappa shape index (κ2) is 5.61. The summed E-state index contributed by atoms with van der Waals surface area (Å²) in [6, 6.07) is 5.43. The van der Waals surface area contributed by atoms with Gasteiger partial charge in [0, 0.05) is 0 Å². The van der Waals surface area contributed by atoms with E-state index in [0.29, 0.717) is 24.0 Å². The van der Waals surface area contributed by atoms with E-state index in [2.05, 4.69) is 13.8 Å². The Hall–Kier alpha value is -1.22. The van der Waals surface area contributed by atoms with E-state index in [1.165, 1.54) is 0 Å². The average Bonchev–Trinajstić information content (AvgIpc) is 2.25. The molecule has 1 rings (SSSR count). The molecular formula is C12H18O3. The summed E-state index contributed by atoms with van der Waals surface area (Å²) in [5.74, 6) is 1.86. The van der Waals surface area contributed by atoms with Gasteiger partial charge in [-0.3, -0.25) is 0 Å². The van der Waals surface area contributed by atoms with Crippen LogP contribution in [0.3, 0.4) is 0 Å². The Balaban J connectivity index is 2.81. The van der Waals surface area contributed by atoms with E-state index in [1.54, 1.807) is 19.2 Å². The zero-order valence-electron chi connectivity index (χ0n) is 9.49. The Morgan fingerprint density at radius 1 is 1.27 bits per heavy atom. The van der Waals surface area contributed by atoms with Crippen LogP contribution in [0.25, 0.3) is 0 Å². The van der Waals surface area contributed by atoms with E-state index in [0.717, 1.165) is 5.56 Å². The van der Waals surface area contributed by atoms with Crippen molar-refractivity contribution in [2.75, 3.05) is 13.7 Å². The molecular weight excluding hydrogens is 192 g/mol. The van der Waals surface area contributed by atoms with Crippen LogP contribution in [0.4, 0.5) is 0 Å². The summed E-state index contributed by atoms with van der Waals surface area (Å²) in [5, 5.41) is 9.01. The van der Waals surface area contributed by atoms with Crippen LogP contribution < -0.4 is 9.47 Å². The summed E-state index contributed by atoms with van der Waals surface area (Å²) < 4.78 is 10.8. The smallest absolute Gasteiger partial charge is 0.161 e. The molecule has 84 valence electrons. The lowest BCUT2D eigenvalue weighted by atomic mass is 10.2. The monoisotopic (exact) mass is 210 g/mol. The van der Waals surface area contributed by atoms with Gasteiger partial charge in [-0.05, 0) is 23.6 Å². The van der Waals surface area contributed by atoms with Crippen molar-refractivity contribution in [3.8, 4) is 11.5 Å². The Morgan fingerprint density at radius 3 is 2.53 bits per heavy atom. The van der Waals surface area contributed by atoms with Crippen molar-refractivity contribution in [2.24, 2.45) is 5.92 Å². The highest BCUT2D eigenvalue weighted by Crippen LogP contribution is 2.28. The van der Waals surface area contributed by atoms with Crippen LogP contribution in [0.2, 0.25) is 0 Å². The molecule has 15 heavy (non-hydrogen) atoms. The zero-order chi connectivity index (χ0) is 11.3. The van der Waals surface area contributed by atoms with Gasteiger partial charge >= 0.3 is 0 Å². The van der Waals surface area contributed by atoms with Gasteiger partial charge in [0.2, 0.25) is 0 Å². The van der Waals surface area contributed by atoms with Crippen molar-refractivity contribution >= 4 is 0 Å². The molecule has 0 atom stereocenters. The highest BCUT2D eigenvalue weighted by molar-refractivity contribution is 5.42. The van der Waals surface area contributed by atoms with Gasteiger partial charge in [-0.2, -0.15) is 0 Å². The third kappa shape index (κ3) is 3.44. The molecule has 0 spiro atoms. The Morgan fingerprint density at radius 2 is 2.00 bits per heavy atom. The van der Waals surface area contributed by atoms with Crippen LogP contribution in [0.1, 0.15) is 19.4 Å². The van der Waals surface area contributed by atoms with Gasteiger partial charge < -0.3 is 14.6 Å². The van der Waals surface area contributed by atoms with Crippen molar-refractivity contribution in [1.82, 2.24) is 0 Å². The molecule has 0 saturated carbocycles. The van der Waals surface area contributed by atoms with Crippen LogP contribution in [0, 0.1) is 5.92 Å². The normalized spacial score (nSPS) is 10.5. The van der Waals surface area contributed by atoms with Crippen molar-refractivity contribution in [1.29, 1.82) is 0 Å². The second-order valence-electron chi connectivity index (χ2n) is 3.85. The first kappa shape index (κ1) is 11.9. The van der Waals surface area contributed by atoms with Gasteiger partial charge in [0.05, 0.1) is 20.3 Å². The minimum atomic E-state index is 0.0159. The van der Waals surface area contributed by atoms with Gasteiger partial charge in [0.25, 0.3) is 0 Å². The standard InChI is InChI=1S/C12H18O3/c1-9(2)8-15-12-6-10(7-13)4-5-11(12)14-3/h4-6,9,13H,7-8H2,1-3H3. The van der Waals surface area contributed by atoms with Gasteiger partial charge in [0.1, 0.15) is 0 Å². The fraction of sp³-hybridized carbons (Fsp3) is 0.500. The third-order valence-corrected chi connectivity index (χ3v) is 1.98. The predicted octanol–water partition coefficient (Wildman–Crippen LogP) is 2.22. The molecule has 0 heterocycles. The van der Waals surface area contributed by atoms with Crippen LogP contribution in [0.5, 0.6) is 11.5 Å². The molecule has 3 nitrogen and oxygen atoms in total. The maximum atomic E-state index is 9.01. The predicted molar refractivity (Wildman–Crippen MR) is 59.2 cm³/mol. The van der Waals surface area contributed by atoms with Crippen LogP contribution in [-0.2, 0) is 6.61 Å². The van der Waals surface area contributed by atoms with Crippen molar-refractivity contribution < 1.29 is 14.6 Å². The summed E-state index contributed by atoms with van der Waals surface area (Å²) >= 11 is 0. The van der Waals surface area contributed by atoms with Crippen LogP contribution in [0.15, 0.2) is 18.2 Å². The summed E-state index contributed by atoms with van der Waals surface area (Å²) in [6.45, 7) is 4.83. The topological polar surface area (TPSA) is 38.7 Å². The lowest BCUT2D eigenvalue weighted by molar-refractivity contribution is 0.253. The molecule has 0 amide bonds.